The van der Waals surface area contributed by atoms with E-state index in [0.717, 1.165) is 36.0 Å². The van der Waals surface area contributed by atoms with Crippen LogP contribution in [0.3, 0.4) is 0 Å². The van der Waals surface area contributed by atoms with Crippen molar-refractivity contribution in [2.75, 3.05) is 13.2 Å². The van der Waals surface area contributed by atoms with Gasteiger partial charge in [0.25, 0.3) is 5.56 Å². The van der Waals surface area contributed by atoms with Crippen LogP contribution < -0.4 is 10.9 Å². The second-order valence-electron chi connectivity index (χ2n) is 6.39. The Balaban J connectivity index is 1.69. The SMILES string of the molecule is Cc1cc(=O)nc2c3ccccc3n(CC(=O)NC[C@H]3CCCO3)n12. The van der Waals surface area contributed by atoms with E-state index in [2.05, 4.69) is 10.3 Å². The van der Waals surface area contributed by atoms with Gasteiger partial charge in [-0.1, -0.05) is 12.1 Å². The Hall–Kier alpha value is -2.67. The molecular weight excluding hydrogens is 320 g/mol. The fraction of sp³-hybridized carbons (Fsp3) is 0.389. The van der Waals surface area contributed by atoms with Gasteiger partial charge in [-0.15, -0.1) is 0 Å². The Morgan fingerprint density at radius 2 is 2.24 bits per heavy atom. The number of amides is 1. The molecule has 0 saturated carbocycles. The number of aromatic nitrogens is 3. The van der Waals surface area contributed by atoms with E-state index in [9.17, 15) is 9.59 Å². The van der Waals surface area contributed by atoms with Crippen LogP contribution in [0.2, 0.25) is 0 Å². The van der Waals surface area contributed by atoms with E-state index < -0.39 is 0 Å². The van der Waals surface area contributed by atoms with Gasteiger partial charge in [-0.2, -0.15) is 4.98 Å². The van der Waals surface area contributed by atoms with Gasteiger partial charge in [-0.25, -0.2) is 4.52 Å². The number of carbonyl (C=O) groups is 1. The predicted molar refractivity (Wildman–Crippen MR) is 93.7 cm³/mol. The van der Waals surface area contributed by atoms with Gasteiger partial charge in [0.2, 0.25) is 5.91 Å². The second kappa shape index (κ2) is 6.33. The monoisotopic (exact) mass is 340 g/mol. The van der Waals surface area contributed by atoms with Crippen molar-refractivity contribution in [3.63, 3.8) is 0 Å². The van der Waals surface area contributed by atoms with Gasteiger partial charge in [-0.05, 0) is 31.9 Å². The first kappa shape index (κ1) is 15.8. The third-order valence-corrected chi connectivity index (χ3v) is 4.59. The number of rotatable bonds is 4. The molecule has 1 fully saturated rings. The summed E-state index contributed by atoms with van der Waals surface area (Å²) in [6, 6.07) is 9.14. The highest BCUT2D eigenvalue weighted by molar-refractivity contribution is 5.93. The molecule has 0 bridgehead atoms. The molecule has 1 aromatic carbocycles. The highest BCUT2D eigenvalue weighted by Gasteiger charge is 2.18. The van der Waals surface area contributed by atoms with E-state index >= 15 is 0 Å². The number of hydrogen-bond donors (Lipinski definition) is 1. The molecule has 3 heterocycles. The van der Waals surface area contributed by atoms with Crippen LogP contribution in [-0.2, 0) is 16.1 Å². The Morgan fingerprint density at radius 3 is 3.04 bits per heavy atom. The fourth-order valence-electron chi connectivity index (χ4n) is 3.45. The van der Waals surface area contributed by atoms with Crippen molar-refractivity contribution in [3.05, 3.63) is 46.4 Å². The van der Waals surface area contributed by atoms with Crippen LogP contribution in [-0.4, -0.2) is 39.3 Å². The summed E-state index contributed by atoms with van der Waals surface area (Å²) in [5, 5.41) is 3.80. The summed E-state index contributed by atoms with van der Waals surface area (Å²) in [6.45, 7) is 3.30. The molecule has 0 radical (unpaired) electrons. The van der Waals surface area contributed by atoms with Crippen molar-refractivity contribution in [1.82, 2.24) is 19.5 Å². The second-order valence-corrected chi connectivity index (χ2v) is 6.39. The minimum Gasteiger partial charge on any atom is -0.376 e. The van der Waals surface area contributed by atoms with E-state index in [-0.39, 0.29) is 24.1 Å². The molecule has 0 unspecified atom stereocenters. The van der Waals surface area contributed by atoms with Crippen LogP contribution in [0.4, 0.5) is 0 Å². The molecule has 7 heteroatoms. The zero-order valence-corrected chi connectivity index (χ0v) is 14.1. The Kier molecular flexibility index (Phi) is 4.01. The van der Waals surface area contributed by atoms with Gasteiger partial charge in [-0.3, -0.25) is 14.3 Å². The standard InChI is InChI=1S/C18H20N4O3/c1-12-9-16(23)20-18-14-6-2-3-7-15(14)21(22(12)18)11-17(24)19-10-13-5-4-8-25-13/h2-3,6-7,9,13H,4-5,8,10-11H2,1H3,(H,19,24)/t13-/m1/s1. The lowest BCUT2D eigenvalue weighted by molar-refractivity contribution is -0.122. The van der Waals surface area contributed by atoms with Crippen LogP contribution in [0.15, 0.2) is 35.1 Å². The lowest BCUT2D eigenvalue weighted by atomic mass is 10.2. The van der Waals surface area contributed by atoms with Gasteiger partial charge < -0.3 is 10.1 Å². The summed E-state index contributed by atoms with van der Waals surface area (Å²) in [5.74, 6) is -0.0868. The number of nitrogens with one attached hydrogen (secondary N) is 1. The number of aryl methyl sites for hydroxylation is 1. The van der Waals surface area contributed by atoms with Gasteiger partial charge >= 0.3 is 0 Å². The third kappa shape index (κ3) is 2.91. The summed E-state index contributed by atoms with van der Waals surface area (Å²) in [5.41, 5.74) is 1.92. The first-order valence-corrected chi connectivity index (χ1v) is 8.50. The number of carbonyl (C=O) groups excluding carboxylic acids is 1. The van der Waals surface area contributed by atoms with Crippen LogP contribution in [0.1, 0.15) is 18.5 Å². The van der Waals surface area contributed by atoms with Gasteiger partial charge in [0.05, 0.1) is 11.6 Å². The van der Waals surface area contributed by atoms with Crippen LogP contribution in [0, 0.1) is 6.92 Å². The van der Waals surface area contributed by atoms with E-state index in [4.69, 9.17) is 4.74 Å². The van der Waals surface area contributed by atoms with Gasteiger partial charge in [0.1, 0.15) is 6.54 Å². The summed E-state index contributed by atoms with van der Waals surface area (Å²) < 4.78 is 9.23. The number of nitrogens with zero attached hydrogens (tertiary/aromatic N) is 3. The molecule has 25 heavy (non-hydrogen) atoms. The maximum absolute atomic E-state index is 12.4. The molecule has 3 aromatic rings. The summed E-state index contributed by atoms with van der Waals surface area (Å²) >= 11 is 0. The lowest BCUT2D eigenvalue weighted by Crippen LogP contribution is -2.35. The van der Waals surface area contributed by atoms with Crippen molar-refractivity contribution in [1.29, 1.82) is 0 Å². The van der Waals surface area contributed by atoms with Crippen LogP contribution in [0.25, 0.3) is 16.6 Å². The lowest BCUT2D eigenvalue weighted by Gasteiger charge is -2.13. The average molecular weight is 340 g/mol. The number of benzene rings is 1. The summed E-state index contributed by atoms with van der Waals surface area (Å²) in [7, 11) is 0. The van der Waals surface area contributed by atoms with E-state index in [0.29, 0.717) is 12.2 Å². The van der Waals surface area contributed by atoms with Gasteiger partial charge in [0.15, 0.2) is 5.65 Å². The number of para-hydroxylation sites is 1. The van der Waals surface area contributed by atoms with Crippen molar-refractivity contribution >= 4 is 22.5 Å². The molecule has 4 rings (SSSR count). The molecule has 1 saturated heterocycles. The molecule has 0 spiro atoms. The maximum atomic E-state index is 12.4. The molecule has 130 valence electrons. The highest BCUT2D eigenvalue weighted by atomic mass is 16.5. The van der Waals surface area contributed by atoms with Crippen molar-refractivity contribution < 1.29 is 9.53 Å². The van der Waals surface area contributed by atoms with Gasteiger partial charge in [0, 0.05) is 30.3 Å². The molecule has 1 N–H and O–H groups in total. The topological polar surface area (TPSA) is 77.6 Å². The zero-order valence-electron chi connectivity index (χ0n) is 14.1. The average Bonchev–Trinajstić information content (AvgIpc) is 3.21. The largest absolute Gasteiger partial charge is 0.376 e. The van der Waals surface area contributed by atoms with Crippen LogP contribution >= 0.6 is 0 Å². The Morgan fingerprint density at radius 1 is 1.40 bits per heavy atom. The zero-order chi connectivity index (χ0) is 17.4. The van der Waals surface area contributed by atoms with Crippen LogP contribution in [0.5, 0.6) is 0 Å². The molecule has 1 amide bonds. The Labute approximate surface area is 144 Å². The summed E-state index contributed by atoms with van der Waals surface area (Å²) in [4.78, 5) is 28.4. The number of ether oxygens (including phenoxy) is 1. The molecule has 2 aromatic heterocycles. The van der Waals surface area contributed by atoms with Crippen molar-refractivity contribution in [2.45, 2.75) is 32.4 Å². The molecule has 7 nitrogen and oxygen atoms in total. The molecule has 1 aliphatic heterocycles. The number of fused-ring (bicyclic) bond motifs is 3. The van der Waals surface area contributed by atoms with E-state index in [1.807, 2.05) is 40.4 Å². The molecule has 1 aliphatic rings. The first-order chi connectivity index (χ1) is 12.1. The normalized spacial score (nSPS) is 17.4. The summed E-state index contributed by atoms with van der Waals surface area (Å²) in [6.07, 6.45) is 2.15. The molecule has 0 aliphatic carbocycles. The smallest absolute Gasteiger partial charge is 0.273 e. The van der Waals surface area contributed by atoms with Crippen molar-refractivity contribution in [3.8, 4) is 0 Å². The fourth-order valence-corrected chi connectivity index (χ4v) is 3.45. The minimum absolute atomic E-state index is 0.0868. The predicted octanol–water partition coefficient (Wildman–Crippen LogP) is 1.25. The van der Waals surface area contributed by atoms with E-state index in [1.165, 1.54) is 6.07 Å². The minimum atomic E-state index is -0.275. The number of hydrogen-bond acceptors (Lipinski definition) is 4. The molecular formula is C18H20N4O3. The van der Waals surface area contributed by atoms with E-state index in [1.54, 1.807) is 0 Å². The maximum Gasteiger partial charge on any atom is 0.273 e. The third-order valence-electron chi connectivity index (χ3n) is 4.59. The molecule has 1 atom stereocenters. The van der Waals surface area contributed by atoms with Crippen molar-refractivity contribution in [2.24, 2.45) is 0 Å². The quantitative estimate of drug-likeness (QED) is 0.775. The highest BCUT2D eigenvalue weighted by Crippen LogP contribution is 2.21. The first-order valence-electron chi connectivity index (χ1n) is 8.50. The Bertz CT molecular complexity index is 999.